The largest absolute Gasteiger partial charge is 0.366 e. The van der Waals surface area contributed by atoms with Gasteiger partial charge in [0.05, 0.1) is 5.56 Å². The number of amides is 1. The lowest BCUT2D eigenvalue weighted by Gasteiger charge is -2.50. The lowest BCUT2D eigenvalue weighted by Crippen LogP contribution is -2.61. The highest BCUT2D eigenvalue weighted by Crippen LogP contribution is 2.41. The van der Waals surface area contributed by atoms with Crippen LogP contribution in [0.25, 0.3) is 0 Å². The van der Waals surface area contributed by atoms with E-state index in [2.05, 4.69) is 24.1 Å². The van der Waals surface area contributed by atoms with Crippen molar-refractivity contribution in [3.05, 3.63) is 22.9 Å². The van der Waals surface area contributed by atoms with Gasteiger partial charge in [-0.1, -0.05) is 13.8 Å². The molecule has 0 radical (unpaired) electrons. The van der Waals surface area contributed by atoms with Crippen molar-refractivity contribution in [2.75, 3.05) is 5.32 Å². The Hall–Kier alpha value is -1.62. The van der Waals surface area contributed by atoms with Crippen molar-refractivity contribution >= 4 is 11.7 Å². The number of primary amides is 1. The summed E-state index contributed by atoms with van der Waals surface area (Å²) in [7, 11) is 0. The fourth-order valence-electron chi connectivity index (χ4n) is 2.62. The quantitative estimate of drug-likeness (QED) is 0.766. The Morgan fingerprint density at radius 3 is 2.58 bits per heavy atom. The molecule has 1 aliphatic carbocycles. The predicted octanol–water partition coefficient (Wildman–Crippen LogP) is 1.34. The van der Waals surface area contributed by atoms with Gasteiger partial charge in [0, 0.05) is 23.2 Å². The molecule has 0 aromatic carbocycles. The molecule has 1 saturated carbocycles. The summed E-state index contributed by atoms with van der Waals surface area (Å²) in [6.45, 7) is 8.01. The number of carbonyl (C=O) groups is 1. The highest BCUT2D eigenvalue weighted by molar-refractivity contribution is 5.99. The average molecular weight is 262 g/mol. The molecule has 1 fully saturated rings. The number of nitrogens with two attached hydrogens (primary N) is 2. The van der Waals surface area contributed by atoms with Gasteiger partial charge in [-0.05, 0) is 31.9 Å². The van der Waals surface area contributed by atoms with E-state index in [1.165, 1.54) is 0 Å². The molecule has 0 saturated heterocycles. The van der Waals surface area contributed by atoms with Crippen molar-refractivity contribution in [3.63, 3.8) is 0 Å². The zero-order valence-corrected chi connectivity index (χ0v) is 11.9. The second-order valence-corrected chi connectivity index (χ2v) is 6.03. The number of rotatable bonds is 3. The minimum absolute atomic E-state index is 0.00571. The summed E-state index contributed by atoms with van der Waals surface area (Å²) in [5, 5.41) is 3.34. The van der Waals surface area contributed by atoms with Gasteiger partial charge >= 0.3 is 0 Å². The highest BCUT2D eigenvalue weighted by atomic mass is 16.1. The first-order chi connectivity index (χ1) is 8.73. The van der Waals surface area contributed by atoms with Crippen molar-refractivity contribution < 1.29 is 4.79 Å². The topological polar surface area (TPSA) is 94.0 Å². The summed E-state index contributed by atoms with van der Waals surface area (Å²) in [5.41, 5.74) is 13.6. The van der Waals surface area contributed by atoms with Gasteiger partial charge in [-0.15, -0.1) is 0 Å². The summed E-state index contributed by atoms with van der Waals surface area (Å²) in [6.07, 6.45) is 0.875. The number of nitrogens with zero attached hydrogens (tertiary/aromatic N) is 1. The molecule has 2 unspecified atom stereocenters. The summed E-state index contributed by atoms with van der Waals surface area (Å²) < 4.78 is 0. The summed E-state index contributed by atoms with van der Waals surface area (Å²) >= 11 is 0. The molecule has 0 spiro atoms. The van der Waals surface area contributed by atoms with Gasteiger partial charge in [0.1, 0.15) is 5.82 Å². The molecular formula is C14H22N4O. The van der Waals surface area contributed by atoms with Crippen LogP contribution in [0.1, 0.15) is 41.9 Å². The lowest BCUT2D eigenvalue weighted by molar-refractivity contribution is 0.0997. The zero-order valence-electron chi connectivity index (χ0n) is 11.9. The number of hydrogen-bond acceptors (Lipinski definition) is 4. The van der Waals surface area contributed by atoms with E-state index in [4.69, 9.17) is 11.5 Å². The van der Waals surface area contributed by atoms with Crippen molar-refractivity contribution in [1.82, 2.24) is 4.98 Å². The Kier molecular flexibility index (Phi) is 3.26. The van der Waals surface area contributed by atoms with E-state index in [9.17, 15) is 4.79 Å². The molecular weight excluding hydrogens is 240 g/mol. The van der Waals surface area contributed by atoms with E-state index in [-0.39, 0.29) is 17.5 Å². The third-order valence-corrected chi connectivity index (χ3v) is 4.25. The molecule has 2 atom stereocenters. The van der Waals surface area contributed by atoms with Gasteiger partial charge in [-0.2, -0.15) is 0 Å². The molecule has 5 heteroatoms. The van der Waals surface area contributed by atoms with Crippen LogP contribution in [0.15, 0.2) is 6.07 Å². The van der Waals surface area contributed by atoms with Gasteiger partial charge in [0.15, 0.2) is 0 Å². The minimum atomic E-state index is -0.450. The molecule has 1 aromatic heterocycles. The first-order valence-electron chi connectivity index (χ1n) is 6.53. The predicted molar refractivity (Wildman–Crippen MR) is 76.0 cm³/mol. The zero-order chi connectivity index (χ0) is 14.4. The van der Waals surface area contributed by atoms with E-state index in [0.717, 1.165) is 17.7 Å². The Labute approximate surface area is 113 Å². The van der Waals surface area contributed by atoms with Crippen molar-refractivity contribution in [2.24, 2.45) is 16.9 Å². The number of carbonyl (C=O) groups excluding carboxylic acids is 1. The van der Waals surface area contributed by atoms with Crippen LogP contribution in [0, 0.1) is 19.3 Å². The normalized spacial score (nSPS) is 24.7. The van der Waals surface area contributed by atoms with Crippen LogP contribution in [0.2, 0.25) is 0 Å². The van der Waals surface area contributed by atoms with Crippen LogP contribution in [-0.2, 0) is 0 Å². The SMILES string of the molecule is Cc1cc(C)c(C(N)=O)c(NC2CC(N)C2(C)C)n1. The molecule has 2 rings (SSSR count). The average Bonchev–Trinajstić information content (AvgIpc) is 2.27. The molecule has 19 heavy (non-hydrogen) atoms. The van der Waals surface area contributed by atoms with Gasteiger partial charge < -0.3 is 16.8 Å². The molecule has 5 N–H and O–H groups in total. The second-order valence-electron chi connectivity index (χ2n) is 6.03. The Morgan fingerprint density at radius 1 is 1.47 bits per heavy atom. The first kappa shape index (κ1) is 13.8. The number of nitrogens with one attached hydrogen (secondary N) is 1. The molecule has 0 aliphatic heterocycles. The molecule has 1 heterocycles. The second kappa shape index (κ2) is 4.49. The first-order valence-corrected chi connectivity index (χ1v) is 6.53. The van der Waals surface area contributed by atoms with Gasteiger partial charge in [0.2, 0.25) is 0 Å². The Balaban J connectivity index is 2.33. The third-order valence-electron chi connectivity index (χ3n) is 4.25. The van der Waals surface area contributed by atoms with Crippen LogP contribution < -0.4 is 16.8 Å². The molecule has 1 amide bonds. The number of hydrogen-bond donors (Lipinski definition) is 3. The number of anilines is 1. The fourth-order valence-corrected chi connectivity index (χ4v) is 2.62. The van der Waals surface area contributed by atoms with E-state index >= 15 is 0 Å². The smallest absolute Gasteiger partial charge is 0.252 e. The van der Waals surface area contributed by atoms with Crippen molar-refractivity contribution in [1.29, 1.82) is 0 Å². The summed E-state index contributed by atoms with van der Waals surface area (Å²) in [4.78, 5) is 16.0. The maximum absolute atomic E-state index is 11.6. The van der Waals surface area contributed by atoms with Gasteiger partial charge in [-0.25, -0.2) is 4.98 Å². The molecule has 1 aliphatic rings. The Morgan fingerprint density at radius 2 is 2.11 bits per heavy atom. The van der Waals surface area contributed by atoms with Crippen LogP contribution in [0.5, 0.6) is 0 Å². The molecule has 5 nitrogen and oxygen atoms in total. The minimum Gasteiger partial charge on any atom is -0.366 e. The van der Waals surface area contributed by atoms with Crippen LogP contribution in [-0.4, -0.2) is 23.0 Å². The van der Waals surface area contributed by atoms with Gasteiger partial charge in [-0.3, -0.25) is 4.79 Å². The summed E-state index contributed by atoms with van der Waals surface area (Å²) in [5.74, 6) is 0.129. The van der Waals surface area contributed by atoms with E-state index < -0.39 is 5.91 Å². The molecule has 1 aromatic rings. The van der Waals surface area contributed by atoms with Gasteiger partial charge in [0.25, 0.3) is 5.91 Å². The van der Waals surface area contributed by atoms with E-state index in [1.54, 1.807) is 0 Å². The van der Waals surface area contributed by atoms with Crippen LogP contribution in [0.4, 0.5) is 5.82 Å². The number of pyridine rings is 1. The molecule has 104 valence electrons. The Bertz CT molecular complexity index is 524. The van der Waals surface area contributed by atoms with Crippen molar-refractivity contribution in [2.45, 2.75) is 46.2 Å². The van der Waals surface area contributed by atoms with Crippen LogP contribution >= 0.6 is 0 Å². The highest BCUT2D eigenvalue weighted by Gasteiger charge is 2.46. The maximum atomic E-state index is 11.6. The summed E-state index contributed by atoms with van der Waals surface area (Å²) in [6, 6.07) is 2.25. The van der Waals surface area contributed by atoms with E-state index in [0.29, 0.717) is 11.4 Å². The standard InChI is InChI=1S/C14H22N4O/c1-7-5-8(2)17-13(11(7)12(16)19)18-10-6-9(15)14(10,3)4/h5,9-10H,6,15H2,1-4H3,(H2,16,19)(H,17,18). The fraction of sp³-hybridized carbons (Fsp3) is 0.571. The van der Waals surface area contributed by atoms with Crippen LogP contribution in [0.3, 0.4) is 0 Å². The third kappa shape index (κ3) is 2.30. The number of aromatic nitrogens is 1. The van der Waals surface area contributed by atoms with E-state index in [1.807, 2.05) is 19.9 Å². The van der Waals surface area contributed by atoms with Crippen molar-refractivity contribution in [3.8, 4) is 0 Å². The monoisotopic (exact) mass is 262 g/mol. The number of aryl methyl sites for hydroxylation is 2. The lowest BCUT2D eigenvalue weighted by atomic mass is 9.63. The maximum Gasteiger partial charge on any atom is 0.252 e. The molecule has 0 bridgehead atoms.